The van der Waals surface area contributed by atoms with Gasteiger partial charge in [0.2, 0.25) is 5.89 Å². The molecule has 4 heteroatoms. The van der Waals surface area contributed by atoms with Crippen LogP contribution >= 0.6 is 15.9 Å². The van der Waals surface area contributed by atoms with Gasteiger partial charge in [-0.2, -0.15) is 0 Å². The highest BCUT2D eigenvalue weighted by atomic mass is 79.9. The summed E-state index contributed by atoms with van der Waals surface area (Å²) in [5, 5.41) is 3.33. The van der Waals surface area contributed by atoms with Gasteiger partial charge < -0.3 is 9.73 Å². The van der Waals surface area contributed by atoms with E-state index in [0.29, 0.717) is 6.54 Å². The molecule has 1 aromatic carbocycles. The summed E-state index contributed by atoms with van der Waals surface area (Å²) in [6.07, 6.45) is 0. The van der Waals surface area contributed by atoms with Gasteiger partial charge in [-0.1, -0.05) is 28.1 Å². The lowest BCUT2D eigenvalue weighted by atomic mass is 10.1. The van der Waals surface area contributed by atoms with Gasteiger partial charge in [-0.05, 0) is 38.0 Å². The summed E-state index contributed by atoms with van der Waals surface area (Å²) in [5.41, 5.74) is 3.45. The van der Waals surface area contributed by atoms with Crippen LogP contribution in [0.25, 0.3) is 0 Å². The zero-order valence-corrected chi connectivity index (χ0v) is 12.5. The van der Waals surface area contributed by atoms with Gasteiger partial charge in [0.15, 0.2) is 0 Å². The summed E-state index contributed by atoms with van der Waals surface area (Å²) in [7, 11) is 0. The maximum atomic E-state index is 5.52. The van der Waals surface area contributed by atoms with Crippen LogP contribution in [0.3, 0.4) is 0 Å². The van der Waals surface area contributed by atoms with Crippen molar-refractivity contribution in [3.05, 3.63) is 51.1 Å². The fourth-order valence-corrected chi connectivity index (χ4v) is 2.35. The Morgan fingerprint density at radius 2 is 2.00 bits per heavy atom. The van der Waals surface area contributed by atoms with Crippen molar-refractivity contribution < 1.29 is 4.42 Å². The first-order chi connectivity index (χ1) is 8.56. The third kappa shape index (κ3) is 3.21. The Hall–Kier alpha value is -1.13. The maximum Gasteiger partial charge on any atom is 0.208 e. The molecule has 18 heavy (non-hydrogen) atoms. The van der Waals surface area contributed by atoms with E-state index in [1.807, 2.05) is 13.8 Å². The number of rotatable bonds is 4. The van der Waals surface area contributed by atoms with Crippen molar-refractivity contribution in [3.8, 4) is 0 Å². The van der Waals surface area contributed by atoms with E-state index in [4.69, 9.17) is 4.42 Å². The fourth-order valence-electron chi connectivity index (χ4n) is 1.71. The van der Waals surface area contributed by atoms with Gasteiger partial charge in [0.05, 0.1) is 12.2 Å². The molecule has 0 saturated heterocycles. The fraction of sp³-hybridized carbons (Fsp3) is 0.357. The molecule has 1 aromatic heterocycles. The van der Waals surface area contributed by atoms with Crippen molar-refractivity contribution in [2.24, 2.45) is 0 Å². The molecule has 0 radical (unpaired) electrons. The standard InChI is InChI=1S/C14H17BrN2O/c1-9-4-5-12(13(15)6-9)7-16-8-14-17-10(2)11(3)18-14/h4-6,16H,7-8H2,1-3H3. The highest BCUT2D eigenvalue weighted by Crippen LogP contribution is 2.18. The molecule has 1 heterocycles. The van der Waals surface area contributed by atoms with Crippen LogP contribution in [0.1, 0.15) is 28.5 Å². The largest absolute Gasteiger partial charge is 0.444 e. The lowest BCUT2D eigenvalue weighted by Crippen LogP contribution is -2.13. The van der Waals surface area contributed by atoms with E-state index >= 15 is 0 Å². The van der Waals surface area contributed by atoms with E-state index in [0.717, 1.165) is 28.4 Å². The molecule has 3 nitrogen and oxygen atoms in total. The molecule has 0 amide bonds. The van der Waals surface area contributed by atoms with Crippen LogP contribution in [0, 0.1) is 20.8 Å². The van der Waals surface area contributed by atoms with Crippen molar-refractivity contribution in [1.29, 1.82) is 0 Å². The molecule has 0 aliphatic rings. The van der Waals surface area contributed by atoms with Crippen LogP contribution in [0.5, 0.6) is 0 Å². The molecule has 0 spiro atoms. The number of hydrogen-bond acceptors (Lipinski definition) is 3. The quantitative estimate of drug-likeness (QED) is 0.937. The topological polar surface area (TPSA) is 38.1 Å². The number of oxazole rings is 1. The summed E-state index contributed by atoms with van der Waals surface area (Å²) in [6, 6.07) is 6.36. The third-order valence-corrected chi connectivity index (χ3v) is 3.61. The first-order valence-corrected chi connectivity index (χ1v) is 6.74. The third-order valence-electron chi connectivity index (χ3n) is 2.87. The average Bonchev–Trinajstić information content (AvgIpc) is 2.61. The Bertz CT molecular complexity index is 529. The number of halogens is 1. The van der Waals surface area contributed by atoms with Gasteiger partial charge in [-0.25, -0.2) is 4.98 Å². The number of hydrogen-bond donors (Lipinski definition) is 1. The predicted octanol–water partition coefficient (Wildman–Crippen LogP) is 3.65. The number of aromatic nitrogens is 1. The van der Waals surface area contributed by atoms with Gasteiger partial charge in [0.1, 0.15) is 5.76 Å². The normalized spacial score (nSPS) is 10.9. The minimum Gasteiger partial charge on any atom is -0.444 e. The van der Waals surface area contributed by atoms with Gasteiger partial charge in [-0.3, -0.25) is 0 Å². The zero-order valence-electron chi connectivity index (χ0n) is 10.9. The average molecular weight is 309 g/mol. The summed E-state index contributed by atoms with van der Waals surface area (Å²) >= 11 is 3.57. The molecule has 0 bridgehead atoms. The molecular formula is C14H17BrN2O. The summed E-state index contributed by atoms with van der Waals surface area (Å²) in [5.74, 6) is 1.64. The van der Waals surface area contributed by atoms with Crippen LogP contribution < -0.4 is 5.32 Å². The Morgan fingerprint density at radius 1 is 1.22 bits per heavy atom. The minimum absolute atomic E-state index is 0.648. The van der Waals surface area contributed by atoms with Crippen molar-refractivity contribution in [1.82, 2.24) is 10.3 Å². The first-order valence-electron chi connectivity index (χ1n) is 5.95. The second-order valence-electron chi connectivity index (χ2n) is 4.45. The van der Waals surface area contributed by atoms with Gasteiger partial charge in [-0.15, -0.1) is 0 Å². The van der Waals surface area contributed by atoms with Crippen molar-refractivity contribution in [2.45, 2.75) is 33.9 Å². The molecule has 0 aliphatic carbocycles. The van der Waals surface area contributed by atoms with Gasteiger partial charge in [0.25, 0.3) is 0 Å². The second-order valence-corrected chi connectivity index (χ2v) is 5.30. The molecule has 0 fully saturated rings. The number of nitrogens with one attached hydrogen (secondary N) is 1. The Balaban J connectivity index is 1.92. The molecule has 96 valence electrons. The minimum atomic E-state index is 0.648. The molecule has 2 rings (SSSR count). The van der Waals surface area contributed by atoms with E-state index in [2.05, 4.69) is 51.4 Å². The van der Waals surface area contributed by atoms with Crippen molar-refractivity contribution in [3.63, 3.8) is 0 Å². The van der Waals surface area contributed by atoms with Crippen LogP contribution in [-0.2, 0) is 13.1 Å². The van der Waals surface area contributed by atoms with E-state index in [9.17, 15) is 0 Å². The lowest BCUT2D eigenvalue weighted by molar-refractivity contribution is 0.448. The number of nitrogens with zero attached hydrogens (tertiary/aromatic N) is 1. The Labute approximate surface area is 116 Å². The molecule has 0 saturated carbocycles. The van der Waals surface area contributed by atoms with Crippen LogP contribution in [0.4, 0.5) is 0 Å². The van der Waals surface area contributed by atoms with Gasteiger partial charge in [0, 0.05) is 11.0 Å². The molecule has 0 atom stereocenters. The first kappa shape index (κ1) is 13.3. The predicted molar refractivity (Wildman–Crippen MR) is 75.4 cm³/mol. The summed E-state index contributed by atoms with van der Waals surface area (Å²) < 4.78 is 6.65. The molecule has 1 N–H and O–H groups in total. The summed E-state index contributed by atoms with van der Waals surface area (Å²) in [6.45, 7) is 7.41. The highest BCUT2D eigenvalue weighted by Gasteiger charge is 2.05. The number of aryl methyl sites for hydroxylation is 3. The maximum absolute atomic E-state index is 5.52. The van der Waals surface area contributed by atoms with E-state index < -0.39 is 0 Å². The van der Waals surface area contributed by atoms with E-state index in [-0.39, 0.29) is 0 Å². The number of benzene rings is 1. The smallest absolute Gasteiger partial charge is 0.208 e. The SMILES string of the molecule is Cc1ccc(CNCc2nc(C)c(C)o2)c(Br)c1. The zero-order chi connectivity index (χ0) is 13.1. The van der Waals surface area contributed by atoms with Crippen LogP contribution in [0.2, 0.25) is 0 Å². The summed E-state index contributed by atoms with van der Waals surface area (Å²) in [4.78, 5) is 4.34. The van der Waals surface area contributed by atoms with Crippen molar-refractivity contribution in [2.75, 3.05) is 0 Å². The van der Waals surface area contributed by atoms with E-state index in [1.54, 1.807) is 0 Å². The van der Waals surface area contributed by atoms with Gasteiger partial charge >= 0.3 is 0 Å². The Morgan fingerprint density at radius 3 is 2.61 bits per heavy atom. The Kier molecular flexibility index (Phi) is 4.19. The van der Waals surface area contributed by atoms with Crippen LogP contribution in [0.15, 0.2) is 27.1 Å². The van der Waals surface area contributed by atoms with Crippen LogP contribution in [-0.4, -0.2) is 4.98 Å². The highest BCUT2D eigenvalue weighted by molar-refractivity contribution is 9.10. The second kappa shape index (κ2) is 5.67. The molecular weight excluding hydrogens is 292 g/mol. The van der Waals surface area contributed by atoms with E-state index in [1.165, 1.54) is 11.1 Å². The molecule has 2 aromatic rings. The van der Waals surface area contributed by atoms with Crippen molar-refractivity contribution >= 4 is 15.9 Å². The monoisotopic (exact) mass is 308 g/mol. The molecule has 0 unspecified atom stereocenters. The lowest BCUT2D eigenvalue weighted by Gasteiger charge is -2.06. The molecule has 0 aliphatic heterocycles.